The number of aliphatic carboxylic acids is 1. The van der Waals surface area contributed by atoms with Crippen LogP contribution in [-0.2, 0) is 14.3 Å². The lowest BCUT2D eigenvalue weighted by Gasteiger charge is -2.34. The van der Waals surface area contributed by atoms with Crippen LogP contribution in [0.5, 0.6) is 0 Å². The molecule has 1 atom stereocenters. The number of hydrogen-bond acceptors (Lipinski definition) is 5. The smallest absolute Gasteiger partial charge is 0.328 e. The zero-order valence-corrected chi connectivity index (χ0v) is 12.5. The third kappa shape index (κ3) is 5.99. The van der Waals surface area contributed by atoms with Crippen LogP contribution in [0.3, 0.4) is 0 Å². The van der Waals surface area contributed by atoms with E-state index in [0.29, 0.717) is 32.7 Å². The summed E-state index contributed by atoms with van der Waals surface area (Å²) in [5.74, 6) is -1.27. The Kier molecular flexibility index (Phi) is 6.93. The van der Waals surface area contributed by atoms with Gasteiger partial charge in [0.05, 0.1) is 13.0 Å². The van der Waals surface area contributed by atoms with Crippen LogP contribution in [0.4, 0.5) is 4.79 Å². The maximum absolute atomic E-state index is 12.0. The summed E-state index contributed by atoms with van der Waals surface area (Å²) in [5, 5.41) is 11.2. The maximum Gasteiger partial charge on any atom is 0.328 e. The van der Waals surface area contributed by atoms with Crippen molar-refractivity contribution in [3.63, 3.8) is 0 Å². The van der Waals surface area contributed by atoms with Gasteiger partial charge in [-0.3, -0.25) is 9.69 Å². The molecule has 2 N–H and O–H groups in total. The van der Waals surface area contributed by atoms with E-state index in [1.807, 2.05) is 4.90 Å². The van der Waals surface area contributed by atoms with E-state index in [2.05, 4.69) is 5.32 Å². The number of carbonyl (C=O) groups is 3. The van der Waals surface area contributed by atoms with E-state index in [1.165, 1.54) is 0 Å². The lowest BCUT2D eigenvalue weighted by molar-refractivity contribution is -0.145. The molecule has 0 aliphatic carbocycles. The molecule has 2 amide bonds. The Morgan fingerprint density at radius 1 is 1.24 bits per heavy atom. The summed E-state index contributed by atoms with van der Waals surface area (Å²) in [7, 11) is 0. The van der Waals surface area contributed by atoms with Gasteiger partial charge in [0.2, 0.25) is 0 Å². The molecular weight excluding hydrogens is 278 g/mol. The number of carbonyl (C=O) groups excluding carboxylic acids is 2. The summed E-state index contributed by atoms with van der Waals surface area (Å²) in [6.45, 7) is 6.36. The molecule has 1 aliphatic heterocycles. The SMILES string of the molecule is CCOC(=O)C(C)NC(=O)N1CCN(CCC(=O)O)CC1. The molecule has 8 heteroatoms. The van der Waals surface area contributed by atoms with E-state index in [0.717, 1.165) is 0 Å². The lowest BCUT2D eigenvalue weighted by atomic mass is 10.3. The van der Waals surface area contributed by atoms with Crippen LogP contribution in [0.15, 0.2) is 0 Å². The van der Waals surface area contributed by atoms with Gasteiger partial charge in [-0.25, -0.2) is 9.59 Å². The zero-order chi connectivity index (χ0) is 15.8. The Morgan fingerprint density at radius 2 is 1.86 bits per heavy atom. The monoisotopic (exact) mass is 301 g/mol. The second-order valence-electron chi connectivity index (χ2n) is 4.90. The highest BCUT2D eigenvalue weighted by molar-refractivity contribution is 5.83. The number of hydrogen-bond donors (Lipinski definition) is 2. The van der Waals surface area contributed by atoms with E-state index in [-0.39, 0.29) is 19.1 Å². The zero-order valence-electron chi connectivity index (χ0n) is 12.5. The van der Waals surface area contributed by atoms with Gasteiger partial charge in [-0.15, -0.1) is 0 Å². The minimum Gasteiger partial charge on any atom is -0.481 e. The number of piperazine rings is 1. The number of ether oxygens (including phenoxy) is 1. The fourth-order valence-electron chi connectivity index (χ4n) is 2.03. The number of amides is 2. The minimum absolute atomic E-state index is 0.103. The van der Waals surface area contributed by atoms with Crippen molar-refractivity contribution in [3.05, 3.63) is 0 Å². The first-order valence-corrected chi connectivity index (χ1v) is 7.10. The highest BCUT2D eigenvalue weighted by atomic mass is 16.5. The summed E-state index contributed by atoms with van der Waals surface area (Å²) in [6, 6.07) is -0.976. The van der Waals surface area contributed by atoms with Gasteiger partial charge in [0.15, 0.2) is 0 Å². The third-order valence-corrected chi connectivity index (χ3v) is 3.28. The first-order chi connectivity index (χ1) is 9.93. The highest BCUT2D eigenvalue weighted by Crippen LogP contribution is 2.03. The summed E-state index contributed by atoms with van der Waals surface area (Å²) >= 11 is 0. The van der Waals surface area contributed by atoms with Crippen LogP contribution in [0.1, 0.15) is 20.3 Å². The first kappa shape index (κ1) is 17.2. The summed E-state index contributed by atoms with van der Waals surface area (Å²) in [5.41, 5.74) is 0. The number of carboxylic acid groups (broad SMARTS) is 1. The van der Waals surface area contributed by atoms with Crippen LogP contribution in [0.25, 0.3) is 0 Å². The van der Waals surface area contributed by atoms with E-state index in [4.69, 9.17) is 9.84 Å². The maximum atomic E-state index is 12.0. The van der Waals surface area contributed by atoms with Crippen LogP contribution in [0.2, 0.25) is 0 Å². The van der Waals surface area contributed by atoms with Gasteiger partial charge in [0, 0.05) is 32.7 Å². The van der Waals surface area contributed by atoms with Crippen molar-refractivity contribution in [3.8, 4) is 0 Å². The van der Waals surface area contributed by atoms with E-state index in [1.54, 1.807) is 18.7 Å². The molecule has 0 aromatic rings. The van der Waals surface area contributed by atoms with E-state index >= 15 is 0 Å². The number of esters is 1. The van der Waals surface area contributed by atoms with E-state index in [9.17, 15) is 14.4 Å². The summed E-state index contributed by atoms with van der Waals surface area (Å²) in [6.07, 6.45) is 0.103. The second kappa shape index (κ2) is 8.46. The van der Waals surface area contributed by atoms with Gasteiger partial charge in [0.1, 0.15) is 6.04 Å². The Balaban J connectivity index is 2.31. The largest absolute Gasteiger partial charge is 0.481 e. The van der Waals surface area contributed by atoms with Crippen molar-refractivity contribution < 1.29 is 24.2 Å². The predicted octanol–water partition coefficient (Wildman–Crippen LogP) is -0.260. The van der Waals surface area contributed by atoms with Gasteiger partial charge in [-0.05, 0) is 13.8 Å². The van der Waals surface area contributed by atoms with Crippen molar-refractivity contribution in [1.29, 1.82) is 0 Å². The Labute approximate surface area is 124 Å². The molecule has 0 bridgehead atoms. The standard InChI is InChI=1S/C13H23N3O5/c1-3-21-12(19)10(2)14-13(20)16-8-6-15(7-9-16)5-4-11(17)18/h10H,3-9H2,1-2H3,(H,14,20)(H,17,18). The predicted molar refractivity (Wildman–Crippen MR) is 74.9 cm³/mol. The molecule has 0 spiro atoms. The number of nitrogens with one attached hydrogen (secondary N) is 1. The van der Waals surface area contributed by atoms with Crippen LogP contribution in [0, 0.1) is 0 Å². The number of urea groups is 1. The van der Waals surface area contributed by atoms with Gasteiger partial charge >= 0.3 is 18.0 Å². The molecule has 0 radical (unpaired) electrons. The summed E-state index contributed by atoms with van der Waals surface area (Å²) < 4.78 is 4.83. The van der Waals surface area contributed by atoms with Gasteiger partial charge in [-0.2, -0.15) is 0 Å². The fraction of sp³-hybridized carbons (Fsp3) is 0.769. The molecule has 120 valence electrons. The van der Waals surface area contributed by atoms with Gasteiger partial charge < -0.3 is 20.1 Å². The molecule has 1 unspecified atom stereocenters. The van der Waals surface area contributed by atoms with Crippen molar-refractivity contribution in [2.75, 3.05) is 39.3 Å². The Bertz CT molecular complexity index is 380. The van der Waals surface area contributed by atoms with Crippen LogP contribution >= 0.6 is 0 Å². The molecule has 0 aromatic carbocycles. The van der Waals surface area contributed by atoms with Crippen molar-refractivity contribution in [2.24, 2.45) is 0 Å². The molecule has 1 aliphatic rings. The second-order valence-corrected chi connectivity index (χ2v) is 4.90. The normalized spacial score (nSPS) is 17.1. The van der Waals surface area contributed by atoms with Gasteiger partial charge in [0.25, 0.3) is 0 Å². The van der Waals surface area contributed by atoms with Crippen molar-refractivity contribution >= 4 is 18.0 Å². The average Bonchev–Trinajstić information content (AvgIpc) is 2.45. The molecule has 0 aromatic heterocycles. The topological polar surface area (TPSA) is 99.2 Å². The molecule has 0 saturated carbocycles. The number of carboxylic acids is 1. The Morgan fingerprint density at radius 3 is 2.38 bits per heavy atom. The van der Waals surface area contributed by atoms with Crippen molar-refractivity contribution in [1.82, 2.24) is 15.1 Å². The first-order valence-electron chi connectivity index (χ1n) is 7.10. The van der Waals surface area contributed by atoms with Crippen LogP contribution < -0.4 is 5.32 Å². The molecule has 21 heavy (non-hydrogen) atoms. The average molecular weight is 301 g/mol. The lowest BCUT2D eigenvalue weighted by Crippen LogP contribution is -2.54. The third-order valence-electron chi connectivity index (χ3n) is 3.28. The molecule has 1 heterocycles. The quantitative estimate of drug-likeness (QED) is 0.656. The van der Waals surface area contributed by atoms with E-state index < -0.39 is 18.0 Å². The van der Waals surface area contributed by atoms with Crippen LogP contribution in [-0.4, -0.2) is 78.2 Å². The molecule has 8 nitrogen and oxygen atoms in total. The molecule has 1 rings (SSSR count). The number of nitrogens with zero attached hydrogens (tertiary/aromatic N) is 2. The Hall–Kier alpha value is -1.83. The van der Waals surface area contributed by atoms with Gasteiger partial charge in [-0.1, -0.05) is 0 Å². The summed E-state index contributed by atoms with van der Waals surface area (Å²) in [4.78, 5) is 37.6. The minimum atomic E-state index is -0.821. The molecular formula is C13H23N3O5. The highest BCUT2D eigenvalue weighted by Gasteiger charge is 2.24. The molecule has 1 saturated heterocycles. The number of rotatable bonds is 6. The molecule has 1 fully saturated rings. The van der Waals surface area contributed by atoms with Crippen molar-refractivity contribution in [2.45, 2.75) is 26.3 Å². The fourth-order valence-corrected chi connectivity index (χ4v) is 2.03.